The van der Waals surface area contributed by atoms with Crippen molar-refractivity contribution in [3.8, 4) is 29.0 Å². The highest BCUT2D eigenvalue weighted by molar-refractivity contribution is 5.94. The lowest BCUT2D eigenvalue weighted by molar-refractivity contribution is -0.914. The van der Waals surface area contributed by atoms with Gasteiger partial charge in [-0.1, -0.05) is 36.4 Å². The Bertz CT molecular complexity index is 1360. The molecule has 3 heterocycles. The third-order valence-electron chi connectivity index (χ3n) is 6.38. The second-order valence-electron chi connectivity index (χ2n) is 8.41. The van der Waals surface area contributed by atoms with Gasteiger partial charge in [0.05, 0.1) is 26.2 Å². The number of hydrogen-bond donors (Lipinski definition) is 1. The summed E-state index contributed by atoms with van der Waals surface area (Å²) in [4.78, 5) is 8.17. The van der Waals surface area contributed by atoms with Crippen LogP contribution in [0.3, 0.4) is 0 Å². The number of oxazole rings is 1. The highest BCUT2D eigenvalue weighted by Crippen LogP contribution is 2.33. The van der Waals surface area contributed by atoms with Gasteiger partial charge in [0, 0.05) is 11.1 Å². The molecule has 3 aromatic carbocycles. The van der Waals surface area contributed by atoms with Crippen LogP contribution >= 0.6 is 0 Å². The van der Waals surface area contributed by atoms with E-state index in [1.165, 1.54) is 10.5 Å². The minimum absolute atomic E-state index is 0.295. The van der Waals surface area contributed by atoms with Crippen LogP contribution in [-0.2, 0) is 6.54 Å². The number of benzene rings is 3. The second kappa shape index (κ2) is 8.15. The van der Waals surface area contributed by atoms with Crippen LogP contribution < -0.4 is 19.3 Å². The van der Waals surface area contributed by atoms with Crippen molar-refractivity contribution < 1.29 is 18.8 Å². The molecule has 0 unspecified atom stereocenters. The number of nitrogens with one attached hydrogen (secondary N) is 1. The zero-order valence-electron chi connectivity index (χ0n) is 18.1. The Labute approximate surface area is 191 Å². The third kappa shape index (κ3) is 3.65. The SMILES string of the molecule is N#Cc1nc(-c2cccc3ccccc23)oc1N1CC[NH+](Cc2ccc3c(c2)OCO3)CC1. The number of anilines is 1. The van der Waals surface area contributed by atoms with Crippen LogP contribution in [0.1, 0.15) is 11.3 Å². The predicted molar refractivity (Wildman–Crippen MR) is 123 cm³/mol. The number of aromatic nitrogens is 1. The number of rotatable bonds is 4. The number of nitriles is 1. The van der Waals surface area contributed by atoms with Crippen molar-refractivity contribution in [2.24, 2.45) is 0 Å². The first-order valence-electron chi connectivity index (χ1n) is 11.1. The molecule has 1 fully saturated rings. The van der Waals surface area contributed by atoms with E-state index in [2.05, 4.69) is 46.3 Å². The molecule has 2 aliphatic rings. The van der Waals surface area contributed by atoms with Crippen molar-refractivity contribution >= 4 is 16.7 Å². The minimum Gasteiger partial charge on any atom is -0.454 e. The molecule has 164 valence electrons. The van der Waals surface area contributed by atoms with Crippen LogP contribution in [-0.4, -0.2) is 38.0 Å². The van der Waals surface area contributed by atoms with Gasteiger partial charge in [0.2, 0.25) is 24.3 Å². The molecule has 2 aliphatic heterocycles. The van der Waals surface area contributed by atoms with Gasteiger partial charge in [-0.3, -0.25) is 0 Å². The molecule has 0 amide bonds. The van der Waals surface area contributed by atoms with Crippen LogP contribution in [0.25, 0.3) is 22.2 Å². The van der Waals surface area contributed by atoms with E-state index >= 15 is 0 Å². The number of piperazine rings is 1. The first kappa shape index (κ1) is 19.6. The van der Waals surface area contributed by atoms with Crippen molar-refractivity contribution in [2.75, 3.05) is 37.9 Å². The number of quaternary nitrogens is 1. The average Bonchev–Trinajstić information content (AvgIpc) is 3.51. The Morgan fingerprint density at radius 1 is 0.970 bits per heavy atom. The topological polar surface area (TPSA) is 76.0 Å². The zero-order chi connectivity index (χ0) is 22.2. The predicted octanol–water partition coefficient (Wildman–Crippen LogP) is 3.00. The van der Waals surface area contributed by atoms with E-state index in [9.17, 15) is 5.26 Å². The van der Waals surface area contributed by atoms with Crippen molar-refractivity contribution in [2.45, 2.75) is 6.54 Å². The number of nitrogens with zero attached hydrogens (tertiary/aromatic N) is 3. The van der Waals surface area contributed by atoms with E-state index < -0.39 is 0 Å². The molecule has 33 heavy (non-hydrogen) atoms. The van der Waals surface area contributed by atoms with Crippen LogP contribution in [0.15, 0.2) is 65.1 Å². The Morgan fingerprint density at radius 3 is 2.67 bits per heavy atom. The van der Waals surface area contributed by atoms with Gasteiger partial charge in [0.25, 0.3) is 0 Å². The molecule has 6 rings (SSSR count). The van der Waals surface area contributed by atoms with Crippen LogP contribution in [0.4, 0.5) is 5.88 Å². The normalized spacial score (nSPS) is 15.7. The van der Waals surface area contributed by atoms with E-state index in [1.807, 2.05) is 30.3 Å². The van der Waals surface area contributed by atoms with Gasteiger partial charge >= 0.3 is 0 Å². The summed E-state index contributed by atoms with van der Waals surface area (Å²) in [6, 6.07) is 22.6. The summed E-state index contributed by atoms with van der Waals surface area (Å²) < 4.78 is 17.1. The molecule has 0 aliphatic carbocycles. The third-order valence-corrected chi connectivity index (χ3v) is 6.38. The standard InChI is InChI=1S/C26H22N4O3/c27-15-22-26(33-25(28-22)21-7-3-5-19-4-1-2-6-20(19)21)30-12-10-29(11-13-30)16-18-8-9-23-24(14-18)32-17-31-23/h1-9,14H,10-13,16-17H2/p+1. The molecular weight excluding hydrogens is 416 g/mol. The first-order chi connectivity index (χ1) is 16.3. The Balaban J connectivity index is 1.19. The summed E-state index contributed by atoms with van der Waals surface area (Å²) in [5.41, 5.74) is 2.48. The summed E-state index contributed by atoms with van der Waals surface area (Å²) in [5.74, 6) is 2.71. The molecule has 7 nitrogen and oxygen atoms in total. The maximum atomic E-state index is 9.72. The molecule has 4 aromatic rings. The largest absolute Gasteiger partial charge is 0.454 e. The van der Waals surface area contributed by atoms with Crippen LogP contribution in [0, 0.1) is 11.3 Å². The Kier molecular flexibility index (Phi) is 4.85. The maximum absolute atomic E-state index is 9.72. The monoisotopic (exact) mass is 439 g/mol. The molecule has 0 spiro atoms. The smallest absolute Gasteiger partial charge is 0.235 e. The number of fused-ring (bicyclic) bond motifs is 2. The first-order valence-corrected chi connectivity index (χ1v) is 11.1. The fourth-order valence-corrected chi connectivity index (χ4v) is 4.67. The van der Waals surface area contributed by atoms with Crippen molar-refractivity contribution in [3.05, 3.63) is 71.9 Å². The van der Waals surface area contributed by atoms with Gasteiger partial charge in [0.15, 0.2) is 11.5 Å². The maximum Gasteiger partial charge on any atom is 0.235 e. The van der Waals surface area contributed by atoms with Crippen LogP contribution in [0.2, 0.25) is 0 Å². The van der Waals surface area contributed by atoms with Crippen molar-refractivity contribution in [1.29, 1.82) is 5.26 Å². The van der Waals surface area contributed by atoms with Gasteiger partial charge in [-0.2, -0.15) is 10.2 Å². The van der Waals surface area contributed by atoms with E-state index in [4.69, 9.17) is 13.9 Å². The highest BCUT2D eigenvalue weighted by Gasteiger charge is 2.27. The summed E-state index contributed by atoms with van der Waals surface area (Å²) in [6.07, 6.45) is 0. The minimum atomic E-state index is 0.295. The summed E-state index contributed by atoms with van der Waals surface area (Å²) in [6.45, 7) is 4.72. The van der Waals surface area contributed by atoms with Gasteiger partial charge in [-0.15, -0.1) is 0 Å². The molecule has 0 atom stereocenters. The molecule has 0 saturated carbocycles. The lowest BCUT2D eigenvalue weighted by atomic mass is 10.0. The Morgan fingerprint density at radius 2 is 1.79 bits per heavy atom. The van der Waals surface area contributed by atoms with Crippen molar-refractivity contribution in [1.82, 2.24) is 4.98 Å². The van der Waals surface area contributed by atoms with E-state index in [-0.39, 0.29) is 0 Å². The zero-order valence-corrected chi connectivity index (χ0v) is 18.1. The van der Waals surface area contributed by atoms with Gasteiger partial charge in [0.1, 0.15) is 12.6 Å². The van der Waals surface area contributed by atoms with Gasteiger partial charge in [-0.25, -0.2) is 0 Å². The fraction of sp³-hybridized carbons (Fsp3) is 0.231. The number of ether oxygens (including phenoxy) is 2. The second-order valence-corrected chi connectivity index (χ2v) is 8.41. The molecular formula is C26H23N4O3+. The van der Waals surface area contributed by atoms with Gasteiger partial charge in [-0.05, 0) is 35.0 Å². The van der Waals surface area contributed by atoms with E-state index in [0.717, 1.165) is 60.6 Å². The molecule has 7 heteroatoms. The highest BCUT2D eigenvalue weighted by atomic mass is 16.7. The number of hydrogen-bond acceptors (Lipinski definition) is 6. The molecule has 0 bridgehead atoms. The summed E-state index contributed by atoms with van der Waals surface area (Å²) in [7, 11) is 0. The lowest BCUT2D eigenvalue weighted by Gasteiger charge is -2.32. The lowest BCUT2D eigenvalue weighted by Crippen LogP contribution is -3.13. The van der Waals surface area contributed by atoms with Crippen molar-refractivity contribution in [3.63, 3.8) is 0 Å². The Hall–Kier alpha value is -4.02. The summed E-state index contributed by atoms with van der Waals surface area (Å²) >= 11 is 0. The van der Waals surface area contributed by atoms with Crippen LogP contribution in [0.5, 0.6) is 11.5 Å². The molecule has 1 N–H and O–H groups in total. The average molecular weight is 439 g/mol. The molecule has 1 saturated heterocycles. The molecule has 0 radical (unpaired) electrons. The van der Waals surface area contributed by atoms with E-state index in [1.54, 1.807) is 0 Å². The summed E-state index contributed by atoms with van der Waals surface area (Å²) in [5, 5.41) is 11.9. The molecule has 1 aromatic heterocycles. The van der Waals surface area contributed by atoms with Gasteiger partial charge < -0.3 is 23.7 Å². The van der Waals surface area contributed by atoms with E-state index in [0.29, 0.717) is 24.3 Å². The fourth-order valence-electron chi connectivity index (χ4n) is 4.67. The quantitative estimate of drug-likeness (QED) is 0.527.